The Balaban J connectivity index is 1.80. The number of carbonyl (C=O) groups excluding carboxylic acids is 1. The third kappa shape index (κ3) is 4.42. The van der Waals surface area contributed by atoms with Crippen molar-refractivity contribution in [2.75, 3.05) is 5.32 Å². The smallest absolute Gasteiger partial charge is 0.257 e. The van der Waals surface area contributed by atoms with Crippen molar-refractivity contribution in [1.29, 1.82) is 0 Å². The van der Waals surface area contributed by atoms with Gasteiger partial charge < -0.3 is 9.88 Å². The first kappa shape index (κ1) is 17.1. The number of pyridine rings is 1. The Bertz CT molecular complexity index is 950. The third-order valence-corrected chi connectivity index (χ3v) is 4.14. The molecule has 1 aromatic heterocycles. The van der Waals surface area contributed by atoms with E-state index in [0.29, 0.717) is 11.3 Å². The third-order valence-electron chi connectivity index (χ3n) is 3.61. The fraction of sp³-hybridized carbons (Fsp3) is 0.0526. The van der Waals surface area contributed by atoms with Crippen LogP contribution in [0, 0.1) is 5.82 Å². The molecule has 3 aromatic rings. The van der Waals surface area contributed by atoms with E-state index in [-0.39, 0.29) is 23.8 Å². The number of nitrogens with zero attached hydrogens (tertiary/aromatic N) is 1. The van der Waals surface area contributed by atoms with Gasteiger partial charge in [0.05, 0.1) is 12.1 Å². The van der Waals surface area contributed by atoms with E-state index in [2.05, 4.69) is 21.2 Å². The minimum absolute atomic E-state index is 0.232. The minimum atomic E-state index is -0.335. The molecule has 1 N–H and O–H groups in total. The molecule has 1 heterocycles. The standard InChI is InChI=1S/C19H14BrFN2O2/c20-15-4-8-17(9-5-15)22-19(25)14-3-10-18(24)23(12-14)11-13-1-6-16(21)7-2-13/h1-10,12H,11H2,(H,22,25). The number of halogens is 2. The Hall–Kier alpha value is -2.73. The first-order chi connectivity index (χ1) is 12.0. The topological polar surface area (TPSA) is 51.1 Å². The molecule has 0 atom stereocenters. The van der Waals surface area contributed by atoms with E-state index in [9.17, 15) is 14.0 Å². The summed E-state index contributed by atoms with van der Waals surface area (Å²) in [5.41, 5.74) is 1.56. The summed E-state index contributed by atoms with van der Waals surface area (Å²) in [6, 6.07) is 15.9. The Labute approximate surface area is 152 Å². The molecule has 1 amide bonds. The molecule has 6 heteroatoms. The number of nitrogens with one attached hydrogen (secondary N) is 1. The van der Waals surface area contributed by atoms with Crippen LogP contribution in [0.3, 0.4) is 0 Å². The maximum absolute atomic E-state index is 13.0. The van der Waals surface area contributed by atoms with E-state index in [1.54, 1.807) is 24.3 Å². The summed E-state index contributed by atoms with van der Waals surface area (Å²) in [5.74, 6) is -0.645. The van der Waals surface area contributed by atoms with E-state index in [4.69, 9.17) is 0 Å². The van der Waals surface area contributed by atoms with Crippen LogP contribution in [0.5, 0.6) is 0 Å². The van der Waals surface area contributed by atoms with Crippen LogP contribution in [0.2, 0.25) is 0 Å². The van der Waals surface area contributed by atoms with Crippen molar-refractivity contribution >= 4 is 27.5 Å². The van der Waals surface area contributed by atoms with Crippen LogP contribution >= 0.6 is 15.9 Å². The summed E-state index contributed by atoms with van der Waals surface area (Å²) in [7, 11) is 0. The summed E-state index contributed by atoms with van der Waals surface area (Å²) >= 11 is 3.34. The van der Waals surface area contributed by atoms with E-state index < -0.39 is 0 Å². The lowest BCUT2D eigenvalue weighted by Gasteiger charge is -2.09. The second-order valence-electron chi connectivity index (χ2n) is 5.47. The number of rotatable bonds is 4. The summed E-state index contributed by atoms with van der Waals surface area (Å²) in [6.07, 6.45) is 1.50. The Morgan fingerprint density at radius 1 is 1.00 bits per heavy atom. The van der Waals surface area contributed by atoms with Gasteiger partial charge in [-0.2, -0.15) is 0 Å². The number of benzene rings is 2. The largest absolute Gasteiger partial charge is 0.322 e. The van der Waals surface area contributed by atoms with Gasteiger partial charge in [-0.25, -0.2) is 4.39 Å². The van der Waals surface area contributed by atoms with Crippen molar-refractivity contribution in [2.24, 2.45) is 0 Å². The zero-order valence-corrected chi connectivity index (χ0v) is 14.7. The molecule has 0 aliphatic heterocycles. The van der Waals surface area contributed by atoms with Gasteiger partial charge in [0.1, 0.15) is 5.82 Å². The quantitative estimate of drug-likeness (QED) is 0.717. The second-order valence-corrected chi connectivity index (χ2v) is 6.39. The van der Waals surface area contributed by atoms with Crippen molar-refractivity contribution in [2.45, 2.75) is 6.54 Å². The number of hydrogen-bond acceptors (Lipinski definition) is 2. The normalized spacial score (nSPS) is 10.5. The molecule has 0 saturated heterocycles. The first-order valence-electron chi connectivity index (χ1n) is 7.53. The average Bonchev–Trinajstić information content (AvgIpc) is 2.60. The molecule has 126 valence electrons. The van der Waals surface area contributed by atoms with Crippen molar-refractivity contribution in [3.05, 3.63) is 98.6 Å². The zero-order chi connectivity index (χ0) is 17.8. The molecule has 0 fully saturated rings. The van der Waals surface area contributed by atoms with Gasteiger partial charge in [-0.05, 0) is 48.0 Å². The van der Waals surface area contributed by atoms with Crippen LogP contribution in [0.15, 0.2) is 76.1 Å². The zero-order valence-electron chi connectivity index (χ0n) is 13.1. The van der Waals surface area contributed by atoms with Crippen molar-refractivity contribution in [3.63, 3.8) is 0 Å². The van der Waals surface area contributed by atoms with Crippen LogP contribution in [0.4, 0.5) is 10.1 Å². The highest BCUT2D eigenvalue weighted by atomic mass is 79.9. The van der Waals surface area contributed by atoms with Crippen molar-refractivity contribution < 1.29 is 9.18 Å². The van der Waals surface area contributed by atoms with Crippen LogP contribution < -0.4 is 10.9 Å². The van der Waals surface area contributed by atoms with Gasteiger partial charge in [-0.1, -0.05) is 28.1 Å². The highest BCUT2D eigenvalue weighted by Crippen LogP contribution is 2.15. The molecule has 25 heavy (non-hydrogen) atoms. The lowest BCUT2D eigenvalue weighted by Crippen LogP contribution is -2.22. The number of carbonyl (C=O) groups is 1. The van der Waals surface area contributed by atoms with Crippen LogP contribution in [-0.2, 0) is 6.54 Å². The lowest BCUT2D eigenvalue weighted by atomic mass is 10.2. The number of aromatic nitrogens is 1. The van der Waals surface area contributed by atoms with Gasteiger partial charge in [0.25, 0.3) is 11.5 Å². The van der Waals surface area contributed by atoms with E-state index in [0.717, 1.165) is 10.0 Å². The maximum Gasteiger partial charge on any atom is 0.257 e. The molecule has 4 nitrogen and oxygen atoms in total. The predicted octanol–water partition coefficient (Wildman–Crippen LogP) is 4.05. The maximum atomic E-state index is 13.0. The summed E-state index contributed by atoms with van der Waals surface area (Å²) < 4.78 is 15.3. The average molecular weight is 401 g/mol. The van der Waals surface area contributed by atoms with E-state index >= 15 is 0 Å². The Morgan fingerprint density at radius 3 is 2.36 bits per heavy atom. The minimum Gasteiger partial charge on any atom is -0.322 e. The molecule has 0 saturated carbocycles. The van der Waals surface area contributed by atoms with Crippen molar-refractivity contribution in [3.8, 4) is 0 Å². The predicted molar refractivity (Wildman–Crippen MR) is 98.3 cm³/mol. The summed E-state index contributed by atoms with van der Waals surface area (Å²) in [6.45, 7) is 0.262. The summed E-state index contributed by atoms with van der Waals surface area (Å²) in [5, 5.41) is 2.78. The summed E-state index contributed by atoms with van der Waals surface area (Å²) in [4.78, 5) is 24.4. The first-order valence-corrected chi connectivity index (χ1v) is 8.32. The van der Waals surface area contributed by atoms with Crippen LogP contribution in [0.1, 0.15) is 15.9 Å². The van der Waals surface area contributed by atoms with Gasteiger partial charge in [-0.15, -0.1) is 0 Å². The van der Waals surface area contributed by atoms with E-state index in [1.165, 1.54) is 35.0 Å². The Kier molecular flexibility index (Phi) is 5.09. The van der Waals surface area contributed by atoms with Crippen molar-refractivity contribution in [1.82, 2.24) is 4.57 Å². The highest BCUT2D eigenvalue weighted by Gasteiger charge is 2.09. The van der Waals surface area contributed by atoms with E-state index in [1.807, 2.05) is 12.1 Å². The molecule has 0 unspecified atom stereocenters. The fourth-order valence-electron chi connectivity index (χ4n) is 2.31. The van der Waals surface area contributed by atoms with Gasteiger partial charge in [0, 0.05) is 22.4 Å². The second kappa shape index (κ2) is 7.44. The van der Waals surface area contributed by atoms with Gasteiger partial charge in [0.15, 0.2) is 0 Å². The molecular weight excluding hydrogens is 387 g/mol. The number of hydrogen-bond donors (Lipinski definition) is 1. The molecular formula is C19H14BrFN2O2. The molecule has 0 aliphatic rings. The van der Waals surface area contributed by atoms with Gasteiger partial charge >= 0.3 is 0 Å². The molecule has 0 bridgehead atoms. The highest BCUT2D eigenvalue weighted by molar-refractivity contribution is 9.10. The fourth-order valence-corrected chi connectivity index (χ4v) is 2.58. The SMILES string of the molecule is O=C(Nc1ccc(Br)cc1)c1ccc(=O)n(Cc2ccc(F)cc2)c1. The molecule has 0 aliphatic carbocycles. The molecule has 0 radical (unpaired) electrons. The molecule has 0 spiro atoms. The van der Waals surface area contributed by atoms with Crippen LogP contribution in [0.25, 0.3) is 0 Å². The van der Waals surface area contributed by atoms with Gasteiger partial charge in [0.2, 0.25) is 0 Å². The number of anilines is 1. The Morgan fingerprint density at radius 2 is 1.68 bits per heavy atom. The molecule has 2 aromatic carbocycles. The monoisotopic (exact) mass is 400 g/mol. The lowest BCUT2D eigenvalue weighted by molar-refractivity contribution is 0.102. The number of amides is 1. The van der Waals surface area contributed by atoms with Gasteiger partial charge in [-0.3, -0.25) is 9.59 Å². The van der Waals surface area contributed by atoms with Crippen LogP contribution in [-0.4, -0.2) is 10.5 Å². The molecule has 3 rings (SSSR count).